The first-order chi connectivity index (χ1) is 14.2. The van der Waals surface area contributed by atoms with Crippen LogP contribution in [0.2, 0.25) is 0 Å². The highest BCUT2D eigenvalue weighted by molar-refractivity contribution is 6.36. The number of ether oxygens (including phenoxy) is 2. The summed E-state index contributed by atoms with van der Waals surface area (Å²) in [6, 6.07) is 9.11. The number of amides is 2. The Balaban J connectivity index is 2.11. The third kappa shape index (κ3) is 3.83. The Labute approximate surface area is 170 Å². The van der Waals surface area contributed by atoms with E-state index in [2.05, 4.69) is 5.32 Å². The SMILES string of the molecule is CCN1C(=O)C(Nc2cccc(C(F)(F)F)c2)=C(c2ccc(OC)c(OC)c2)C1=O. The fourth-order valence-electron chi connectivity index (χ4n) is 3.16. The van der Waals surface area contributed by atoms with E-state index in [9.17, 15) is 22.8 Å². The third-order valence-corrected chi connectivity index (χ3v) is 4.62. The van der Waals surface area contributed by atoms with Crippen molar-refractivity contribution in [2.75, 3.05) is 26.1 Å². The Morgan fingerprint density at radius 3 is 2.27 bits per heavy atom. The first-order valence-corrected chi connectivity index (χ1v) is 8.98. The largest absolute Gasteiger partial charge is 0.493 e. The molecule has 2 aromatic rings. The number of halogens is 3. The van der Waals surface area contributed by atoms with E-state index in [1.807, 2.05) is 0 Å². The Morgan fingerprint density at radius 1 is 0.967 bits per heavy atom. The van der Waals surface area contributed by atoms with Crippen LogP contribution in [0.3, 0.4) is 0 Å². The number of rotatable bonds is 6. The molecule has 2 aromatic carbocycles. The maximum atomic E-state index is 13.0. The van der Waals surface area contributed by atoms with Crippen molar-refractivity contribution in [1.29, 1.82) is 0 Å². The third-order valence-electron chi connectivity index (χ3n) is 4.62. The summed E-state index contributed by atoms with van der Waals surface area (Å²) >= 11 is 0. The van der Waals surface area contributed by atoms with E-state index in [4.69, 9.17) is 9.47 Å². The predicted molar refractivity (Wildman–Crippen MR) is 104 cm³/mol. The van der Waals surface area contributed by atoms with Crippen LogP contribution in [0, 0.1) is 0 Å². The molecule has 0 spiro atoms. The topological polar surface area (TPSA) is 67.9 Å². The Morgan fingerprint density at radius 2 is 1.67 bits per heavy atom. The molecule has 0 bridgehead atoms. The van der Waals surface area contributed by atoms with Gasteiger partial charge >= 0.3 is 6.18 Å². The summed E-state index contributed by atoms with van der Waals surface area (Å²) in [5.74, 6) is -0.400. The van der Waals surface area contributed by atoms with Crippen LogP contribution in [-0.2, 0) is 15.8 Å². The van der Waals surface area contributed by atoms with Gasteiger partial charge < -0.3 is 14.8 Å². The second-order valence-electron chi connectivity index (χ2n) is 6.38. The fraction of sp³-hybridized carbons (Fsp3) is 0.238. The van der Waals surface area contributed by atoms with E-state index in [0.29, 0.717) is 17.1 Å². The molecular weight excluding hydrogens is 401 g/mol. The van der Waals surface area contributed by atoms with Gasteiger partial charge in [-0.05, 0) is 42.8 Å². The molecule has 1 aliphatic rings. The van der Waals surface area contributed by atoms with Gasteiger partial charge in [-0.2, -0.15) is 13.2 Å². The molecule has 0 fully saturated rings. The summed E-state index contributed by atoms with van der Waals surface area (Å²) in [5.41, 5.74) is -0.521. The number of hydrogen-bond donors (Lipinski definition) is 1. The standard InChI is InChI=1S/C21H19F3N2O4/c1-4-26-19(27)17(12-8-9-15(29-2)16(10-12)30-3)18(20(26)28)25-14-7-5-6-13(11-14)21(22,23)24/h5-11,25H,4H2,1-3H3. The van der Waals surface area contributed by atoms with Crippen LogP contribution in [-0.4, -0.2) is 37.5 Å². The maximum absolute atomic E-state index is 13.0. The molecule has 0 aromatic heterocycles. The first kappa shape index (κ1) is 21.2. The highest BCUT2D eigenvalue weighted by Gasteiger charge is 2.39. The second kappa shape index (κ2) is 8.10. The number of carbonyl (C=O) groups excluding carboxylic acids is 2. The van der Waals surface area contributed by atoms with Crippen LogP contribution in [0.4, 0.5) is 18.9 Å². The molecule has 1 aliphatic heterocycles. The minimum absolute atomic E-state index is 0.0388. The van der Waals surface area contributed by atoms with Crippen LogP contribution >= 0.6 is 0 Å². The van der Waals surface area contributed by atoms with E-state index < -0.39 is 23.6 Å². The molecule has 158 valence electrons. The quantitative estimate of drug-likeness (QED) is 0.718. The number of alkyl halides is 3. The van der Waals surface area contributed by atoms with Gasteiger partial charge in [0, 0.05) is 12.2 Å². The molecule has 0 saturated heterocycles. The molecule has 1 heterocycles. The molecule has 6 nitrogen and oxygen atoms in total. The number of nitrogens with one attached hydrogen (secondary N) is 1. The van der Waals surface area contributed by atoms with Gasteiger partial charge in [-0.1, -0.05) is 12.1 Å². The minimum Gasteiger partial charge on any atom is -0.493 e. The molecule has 0 unspecified atom stereocenters. The molecule has 3 rings (SSSR count). The number of anilines is 1. The van der Waals surface area contributed by atoms with Crippen LogP contribution < -0.4 is 14.8 Å². The van der Waals surface area contributed by atoms with Crippen molar-refractivity contribution in [2.24, 2.45) is 0 Å². The average Bonchev–Trinajstić information content (AvgIpc) is 2.96. The number of imide groups is 1. The van der Waals surface area contributed by atoms with Crippen molar-refractivity contribution >= 4 is 23.1 Å². The van der Waals surface area contributed by atoms with Crippen molar-refractivity contribution in [3.63, 3.8) is 0 Å². The van der Waals surface area contributed by atoms with Crippen molar-refractivity contribution in [2.45, 2.75) is 13.1 Å². The molecular formula is C21H19F3N2O4. The first-order valence-electron chi connectivity index (χ1n) is 8.98. The van der Waals surface area contributed by atoms with Gasteiger partial charge in [-0.25, -0.2) is 0 Å². The van der Waals surface area contributed by atoms with E-state index in [1.54, 1.807) is 19.1 Å². The van der Waals surface area contributed by atoms with Crippen LogP contribution in [0.5, 0.6) is 11.5 Å². The lowest BCUT2D eigenvalue weighted by Crippen LogP contribution is -2.32. The predicted octanol–water partition coefficient (Wildman–Crippen LogP) is 3.93. The Bertz CT molecular complexity index is 1030. The summed E-state index contributed by atoms with van der Waals surface area (Å²) in [6.45, 7) is 1.75. The molecule has 9 heteroatoms. The van der Waals surface area contributed by atoms with E-state index in [0.717, 1.165) is 17.0 Å². The number of methoxy groups -OCH3 is 2. The Kier molecular flexibility index (Phi) is 5.73. The lowest BCUT2D eigenvalue weighted by Gasteiger charge is -2.13. The highest BCUT2D eigenvalue weighted by Crippen LogP contribution is 2.36. The van der Waals surface area contributed by atoms with Crippen molar-refractivity contribution < 1.29 is 32.2 Å². The molecule has 0 atom stereocenters. The molecule has 0 radical (unpaired) electrons. The fourth-order valence-corrected chi connectivity index (χ4v) is 3.16. The normalized spacial score (nSPS) is 14.4. The van der Waals surface area contributed by atoms with Crippen molar-refractivity contribution in [3.8, 4) is 11.5 Å². The zero-order valence-corrected chi connectivity index (χ0v) is 16.5. The average molecular weight is 420 g/mol. The zero-order valence-electron chi connectivity index (χ0n) is 16.5. The minimum atomic E-state index is -4.54. The van der Waals surface area contributed by atoms with Gasteiger partial charge in [0.05, 0.1) is 25.4 Å². The van der Waals surface area contributed by atoms with Crippen LogP contribution in [0.1, 0.15) is 18.1 Å². The zero-order chi connectivity index (χ0) is 22.1. The van der Waals surface area contributed by atoms with Gasteiger partial charge in [0.25, 0.3) is 11.8 Å². The van der Waals surface area contributed by atoms with Crippen molar-refractivity contribution in [1.82, 2.24) is 4.90 Å². The van der Waals surface area contributed by atoms with Gasteiger partial charge in [0.15, 0.2) is 11.5 Å². The number of carbonyl (C=O) groups is 2. The van der Waals surface area contributed by atoms with Gasteiger partial charge in [-0.15, -0.1) is 0 Å². The summed E-state index contributed by atoms with van der Waals surface area (Å²) < 4.78 is 49.6. The summed E-state index contributed by atoms with van der Waals surface area (Å²) in [4.78, 5) is 26.7. The smallest absolute Gasteiger partial charge is 0.416 e. The second-order valence-corrected chi connectivity index (χ2v) is 6.38. The van der Waals surface area contributed by atoms with Gasteiger partial charge in [0.1, 0.15) is 5.70 Å². The van der Waals surface area contributed by atoms with Crippen LogP contribution in [0.15, 0.2) is 48.2 Å². The number of benzene rings is 2. The van der Waals surface area contributed by atoms with Crippen LogP contribution in [0.25, 0.3) is 5.57 Å². The monoisotopic (exact) mass is 420 g/mol. The summed E-state index contributed by atoms with van der Waals surface area (Å²) in [7, 11) is 2.89. The summed E-state index contributed by atoms with van der Waals surface area (Å²) in [5, 5.41) is 2.71. The van der Waals surface area contributed by atoms with Gasteiger partial charge in [0.2, 0.25) is 0 Å². The molecule has 0 saturated carbocycles. The molecule has 30 heavy (non-hydrogen) atoms. The lowest BCUT2D eigenvalue weighted by atomic mass is 10.0. The number of likely N-dealkylation sites (N-methyl/N-ethyl adjacent to an activating group) is 1. The Hall–Kier alpha value is -3.49. The molecule has 0 aliphatic carbocycles. The van der Waals surface area contributed by atoms with Crippen molar-refractivity contribution in [3.05, 3.63) is 59.3 Å². The molecule has 1 N–H and O–H groups in total. The lowest BCUT2D eigenvalue weighted by molar-refractivity contribution is -0.138. The maximum Gasteiger partial charge on any atom is 0.416 e. The molecule has 2 amide bonds. The summed E-state index contributed by atoms with van der Waals surface area (Å²) in [6.07, 6.45) is -4.54. The highest BCUT2D eigenvalue weighted by atomic mass is 19.4. The van der Waals surface area contributed by atoms with E-state index >= 15 is 0 Å². The van der Waals surface area contributed by atoms with Gasteiger partial charge in [-0.3, -0.25) is 14.5 Å². The number of hydrogen-bond acceptors (Lipinski definition) is 5. The number of nitrogens with zero attached hydrogens (tertiary/aromatic N) is 1. The van der Waals surface area contributed by atoms with E-state index in [1.165, 1.54) is 32.4 Å². The van der Waals surface area contributed by atoms with E-state index in [-0.39, 0.29) is 23.5 Å².